The first-order valence-electron chi connectivity index (χ1n) is 6.20. The van der Waals surface area contributed by atoms with Gasteiger partial charge in [0.25, 0.3) is 0 Å². The topological polar surface area (TPSA) is 51.2 Å². The highest BCUT2D eigenvalue weighted by Crippen LogP contribution is 2.35. The van der Waals surface area contributed by atoms with Crippen LogP contribution in [0.2, 0.25) is 0 Å². The monoisotopic (exact) mass is 262 g/mol. The van der Waals surface area contributed by atoms with Crippen LogP contribution < -0.4 is 0 Å². The third-order valence-corrected chi connectivity index (χ3v) is 3.65. The van der Waals surface area contributed by atoms with Crippen molar-refractivity contribution < 1.29 is 18.8 Å². The molecular formula is C15H15FO3. The van der Waals surface area contributed by atoms with E-state index in [2.05, 4.69) is 0 Å². The Balaban J connectivity index is 2.40. The van der Waals surface area contributed by atoms with Gasteiger partial charge in [-0.25, -0.2) is 4.39 Å². The molecule has 0 spiro atoms. The number of halogens is 1. The third-order valence-electron chi connectivity index (χ3n) is 3.65. The number of Topliss-reactive ketones (excluding diaryl/α,β-unsaturated/α-hetero) is 3. The SMILES string of the molecule is CC1(C)CCC(=O)C(C(=O)c2ccccc2F)C1=O. The van der Waals surface area contributed by atoms with Crippen LogP contribution in [0, 0.1) is 17.2 Å². The summed E-state index contributed by atoms with van der Waals surface area (Å²) in [6.45, 7) is 3.42. The summed E-state index contributed by atoms with van der Waals surface area (Å²) >= 11 is 0. The first kappa shape index (κ1) is 13.6. The van der Waals surface area contributed by atoms with Crippen LogP contribution in [-0.2, 0) is 9.59 Å². The summed E-state index contributed by atoms with van der Waals surface area (Å²) in [5, 5.41) is 0. The van der Waals surface area contributed by atoms with Crippen molar-refractivity contribution >= 4 is 17.3 Å². The fourth-order valence-electron chi connectivity index (χ4n) is 2.32. The molecule has 4 heteroatoms. The average Bonchev–Trinajstić information content (AvgIpc) is 2.35. The van der Waals surface area contributed by atoms with Crippen molar-refractivity contribution in [1.29, 1.82) is 0 Å². The van der Waals surface area contributed by atoms with Crippen LogP contribution in [0.25, 0.3) is 0 Å². The van der Waals surface area contributed by atoms with Crippen LogP contribution >= 0.6 is 0 Å². The summed E-state index contributed by atoms with van der Waals surface area (Å²) in [6, 6.07) is 5.43. The molecule has 1 aromatic rings. The van der Waals surface area contributed by atoms with Crippen molar-refractivity contribution in [3.63, 3.8) is 0 Å². The number of ketones is 3. The molecular weight excluding hydrogens is 247 g/mol. The minimum atomic E-state index is -1.35. The van der Waals surface area contributed by atoms with Gasteiger partial charge in [0.1, 0.15) is 11.7 Å². The molecule has 2 rings (SSSR count). The smallest absolute Gasteiger partial charge is 0.183 e. The van der Waals surface area contributed by atoms with E-state index in [9.17, 15) is 18.8 Å². The maximum absolute atomic E-state index is 13.6. The Labute approximate surface area is 110 Å². The molecule has 0 N–H and O–H groups in total. The van der Waals surface area contributed by atoms with Gasteiger partial charge in [0.2, 0.25) is 0 Å². The lowest BCUT2D eigenvalue weighted by Crippen LogP contribution is -2.45. The molecule has 19 heavy (non-hydrogen) atoms. The van der Waals surface area contributed by atoms with Crippen molar-refractivity contribution in [2.24, 2.45) is 11.3 Å². The van der Waals surface area contributed by atoms with Crippen LogP contribution in [0.1, 0.15) is 37.0 Å². The van der Waals surface area contributed by atoms with Gasteiger partial charge in [-0.3, -0.25) is 14.4 Å². The minimum Gasteiger partial charge on any atom is -0.298 e. The molecule has 0 aromatic heterocycles. The summed E-state index contributed by atoms with van der Waals surface area (Å²) in [4.78, 5) is 36.3. The number of rotatable bonds is 2. The number of benzene rings is 1. The molecule has 1 unspecified atom stereocenters. The predicted molar refractivity (Wildman–Crippen MR) is 67.2 cm³/mol. The van der Waals surface area contributed by atoms with Crippen LogP contribution in [0.4, 0.5) is 4.39 Å². The van der Waals surface area contributed by atoms with Crippen LogP contribution in [0.15, 0.2) is 24.3 Å². The molecule has 0 heterocycles. The molecule has 0 aliphatic heterocycles. The lowest BCUT2D eigenvalue weighted by molar-refractivity contribution is -0.140. The van der Waals surface area contributed by atoms with E-state index in [1.807, 2.05) is 0 Å². The molecule has 1 aliphatic carbocycles. The van der Waals surface area contributed by atoms with E-state index in [4.69, 9.17) is 0 Å². The van der Waals surface area contributed by atoms with Crippen LogP contribution in [0.5, 0.6) is 0 Å². The summed E-state index contributed by atoms with van der Waals surface area (Å²) in [5.41, 5.74) is -0.897. The Kier molecular flexibility index (Phi) is 3.35. The maximum atomic E-state index is 13.6. The summed E-state index contributed by atoms with van der Waals surface area (Å²) in [7, 11) is 0. The Morgan fingerprint density at radius 3 is 2.53 bits per heavy atom. The van der Waals surface area contributed by atoms with Gasteiger partial charge in [-0.05, 0) is 18.6 Å². The molecule has 0 radical (unpaired) electrons. The second-order valence-electron chi connectivity index (χ2n) is 5.49. The van der Waals surface area contributed by atoms with Gasteiger partial charge in [-0.15, -0.1) is 0 Å². The highest BCUT2D eigenvalue weighted by molar-refractivity contribution is 6.26. The minimum absolute atomic E-state index is 0.184. The second-order valence-corrected chi connectivity index (χ2v) is 5.49. The molecule has 1 atom stereocenters. The zero-order valence-electron chi connectivity index (χ0n) is 10.9. The second kappa shape index (κ2) is 4.68. The fourth-order valence-corrected chi connectivity index (χ4v) is 2.32. The normalized spacial score (nSPS) is 22.4. The maximum Gasteiger partial charge on any atom is 0.183 e. The molecule has 100 valence electrons. The largest absolute Gasteiger partial charge is 0.298 e. The highest BCUT2D eigenvalue weighted by atomic mass is 19.1. The molecule has 3 nitrogen and oxygen atoms in total. The Morgan fingerprint density at radius 2 is 1.89 bits per heavy atom. The van der Waals surface area contributed by atoms with Crippen molar-refractivity contribution in [2.45, 2.75) is 26.7 Å². The van der Waals surface area contributed by atoms with Gasteiger partial charge in [0.15, 0.2) is 17.3 Å². The molecule has 1 saturated carbocycles. The van der Waals surface area contributed by atoms with Gasteiger partial charge < -0.3 is 0 Å². The molecule has 1 fully saturated rings. The van der Waals surface area contributed by atoms with E-state index in [-0.39, 0.29) is 12.0 Å². The van der Waals surface area contributed by atoms with Crippen LogP contribution in [0.3, 0.4) is 0 Å². The van der Waals surface area contributed by atoms with E-state index in [0.717, 1.165) is 6.07 Å². The van der Waals surface area contributed by atoms with E-state index >= 15 is 0 Å². The Hall–Kier alpha value is -1.84. The third kappa shape index (κ3) is 2.35. The predicted octanol–water partition coefficient (Wildman–Crippen LogP) is 2.58. The summed E-state index contributed by atoms with van der Waals surface area (Å²) in [5.74, 6) is -3.58. The Morgan fingerprint density at radius 1 is 1.26 bits per heavy atom. The molecule has 1 aliphatic rings. The quantitative estimate of drug-likeness (QED) is 0.608. The number of hydrogen-bond donors (Lipinski definition) is 0. The molecule has 0 bridgehead atoms. The summed E-state index contributed by atoms with van der Waals surface area (Å²) < 4.78 is 13.6. The summed E-state index contributed by atoms with van der Waals surface area (Å²) in [6.07, 6.45) is 0.620. The van der Waals surface area contributed by atoms with Crippen molar-refractivity contribution in [3.05, 3.63) is 35.6 Å². The van der Waals surface area contributed by atoms with Crippen molar-refractivity contribution in [3.8, 4) is 0 Å². The van der Waals surface area contributed by atoms with Crippen LogP contribution in [-0.4, -0.2) is 17.3 Å². The van der Waals surface area contributed by atoms with Gasteiger partial charge >= 0.3 is 0 Å². The first-order valence-corrected chi connectivity index (χ1v) is 6.20. The van der Waals surface area contributed by atoms with E-state index in [1.54, 1.807) is 13.8 Å². The zero-order valence-corrected chi connectivity index (χ0v) is 10.9. The van der Waals surface area contributed by atoms with E-state index < -0.39 is 34.5 Å². The number of hydrogen-bond acceptors (Lipinski definition) is 3. The van der Waals surface area contributed by atoms with Gasteiger partial charge in [0.05, 0.1) is 5.56 Å². The van der Waals surface area contributed by atoms with Gasteiger partial charge in [0, 0.05) is 11.8 Å². The standard InChI is InChI=1S/C15H15FO3/c1-15(2)8-7-11(17)12(14(15)19)13(18)9-5-3-4-6-10(9)16/h3-6,12H,7-8H2,1-2H3. The van der Waals surface area contributed by atoms with Crippen molar-refractivity contribution in [1.82, 2.24) is 0 Å². The lowest BCUT2D eigenvalue weighted by Gasteiger charge is -2.31. The molecule has 0 saturated heterocycles. The van der Waals surface area contributed by atoms with Crippen molar-refractivity contribution in [2.75, 3.05) is 0 Å². The number of carbonyl (C=O) groups excluding carboxylic acids is 3. The van der Waals surface area contributed by atoms with E-state index in [1.165, 1.54) is 18.2 Å². The highest BCUT2D eigenvalue weighted by Gasteiger charge is 2.46. The number of carbonyl (C=O) groups is 3. The van der Waals surface area contributed by atoms with Gasteiger partial charge in [-0.1, -0.05) is 26.0 Å². The first-order chi connectivity index (χ1) is 8.84. The Bertz CT molecular complexity index is 560. The molecule has 0 amide bonds. The fraction of sp³-hybridized carbons (Fsp3) is 0.400. The van der Waals surface area contributed by atoms with Gasteiger partial charge in [-0.2, -0.15) is 0 Å². The van der Waals surface area contributed by atoms with E-state index in [0.29, 0.717) is 6.42 Å². The molecule has 1 aromatic carbocycles. The average molecular weight is 262 g/mol. The zero-order chi connectivity index (χ0) is 14.2. The lowest BCUT2D eigenvalue weighted by atomic mass is 9.68.